The molecule has 0 radical (unpaired) electrons. The predicted molar refractivity (Wildman–Crippen MR) is 115 cm³/mol. The van der Waals surface area contributed by atoms with Gasteiger partial charge in [-0.1, -0.05) is 35.5 Å². The molecule has 2 aliphatic heterocycles. The Morgan fingerprint density at radius 3 is 2.56 bits per heavy atom. The van der Waals surface area contributed by atoms with Crippen LogP contribution in [0.15, 0.2) is 59.1 Å². The van der Waals surface area contributed by atoms with Crippen LogP contribution in [0.1, 0.15) is 30.2 Å². The summed E-state index contributed by atoms with van der Waals surface area (Å²) in [6.45, 7) is 0.282. The Kier molecular flexibility index (Phi) is 5.08. The Balaban J connectivity index is 1.31. The topological polar surface area (TPSA) is 93.4 Å². The summed E-state index contributed by atoms with van der Waals surface area (Å²) in [5, 5.41) is 3.97. The molecule has 1 atom stereocenters. The molecular weight excluding hydrogens is 433 g/mol. The van der Waals surface area contributed by atoms with Gasteiger partial charge in [0.25, 0.3) is 0 Å². The van der Waals surface area contributed by atoms with Gasteiger partial charge in [-0.25, -0.2) is 12.8 Å². The number of amides is 1. The minimum absolute atomic E-state index is 0.0258. The number of carbonyl (C=O) groups excluding carboxylic acids is 1. The lowest BCUT2D eigenvalue weighted by Gasteiger charge is -2.49. The lowest BCUT2D eigenvalue weighted by molar-refractivity contribution is -0.136. The summed E-state index contributed by atoms with van der Waals surface area (Å²) in [4.78, 5) is 18.7. The number of aryl methyl sites for hydroxylation is 1. The third kappa shape index (κ3) is 3.50. The molecule has 3 aromatic rings. The van der Waals surface area contributed by atoms with Gasteiger partial charge in [-0.15, -0.1) is 0 Å². The molecule has 7 nitrogen and oxygen atoms in total. The third-order valence-corrected chi connectivity index (χ3v) is 9.07. The Morgan fingerprint density at radius 1 is 1.12 bits per heavy atom. The Hall–Kier alpha value is -3.07. The molecule has 2 fully saturated rings. The molecule has 2 aromatic carbocycles. The third-order valence-electron chi connectivity index (χ3n) is 6.51. The zero-order valence-electron chi connectivity index (χ0n) is 17.3. The second-order valence-corrected chi connectivity index (χ2v) is 10.9. The number of sulfone groups is 1. The number of carbonyl (C=O) groups is 1. The number of rotatable bonds is 5. The highest BCUT2D eigenvalue weighted by atomic mass is 32.2. The molecule has 1 aromatic heterocycles. The number of hydrogen-bond acceptors (Lipinski definition) is 6. The summed E-state index contributed by atoms with van der Waals surface area (Å²) in [6.07, 6.45) is 1.32. The van der Waals surface area contributed by atoms with Crippen molar-refractivity contribution in [2.75, 3.05) is 18.8 Å². The van der Waals surface area contributed by atoms with Crippen molar-refractivity contribution in [2.24, 2.45) is 0 Å². The number of halogens is 1. The van der Waals surface area contributed by atoms with Gasteiger partial charge in [0.2, 0.25) is 17.6 Å². The number of likely N-dealkylation sites (tertiary alicyclic amines) is 1. The molecule has 2 aliphatic rings. The lowest BCUT2D eigenvalue weighted by Crippen LogP contribution is -2.67. The first-order chi connectivity index (χ1) is 15.4. The predicted octanol–water partition coefficient (Wildman–Crippen LogP) is 2.99. The van der Waals surface area contributed by atoms with Crippen molar-refractivity contribution in [1.82, 2.24) is 15.0 Å². The Bertz CT molecular complexity index is 1240. The van der Waals surface area contributed by atoms with Gasteiger partial charge >= 0.3 is 0 Å². The van der Waals surface area contributed by atoms with Crippen molar-refractivity contribution in [1.29, 1.82) is 0 Å². The van der Waals surface area contributed by atoms with E-state index in [4.69, 9.17) is 4.52 Å². The minimum Gasteiger partial charge on any atom is -0.339 e. The van der Waals surface area contributed by atoms with Crippen molar-refractivity contribution >= 4 is 15.7 Å². The maximum Gasteiger partial charge on any atom is 0.231 e. The summed E-state index contributed by atoms with van der Waals surface area (Å²) in [5.41, 5.74) is 1.66. The fourth-order valence-corrected chi connectivity index (χ4v) is 6.95. The largest absolute Gasteiger partial charge is 0.339 e. The fraction of sp³-hybridized carbons (Fsp3) is 0.348. The van der Waals surface area contributed by atoms with Crippen molar-refractivity contribution in [3.63, 3.8) is 0 Å². The highest BCUT2D eigenvalue weighted by Gasteiger charge is 2.64. The molecule has 166 valence electrons. The Labute approximate surface area is 185 Å². The second kappa shape index (κ2) is 7.81. The van der Waals surface area contributed by atoms with E-state index in [9.17, 15) is 17.6 Å². The Morgan fingerprint density at radius 2 is 1.84 bits per heavy atom. The van der Waals surface area contributed by atoms with E-state index in [1.54, 1.807) is 17.0 Å². The zero-order chi connectivity index (χ0) is 22.3. The van der Waals surface area contributed by atoms with Crippen LogP contribution >= 0.6 is 0 Å². The van der Waals surface area contributed by atoms with Crippen LogP contribution in [0, 0.1) is 5.82 Å². The smallest absolute Gasteiger partial charge is 0.231 e. The first kappa shape index (κ1) is 20.8. The van der Waals surface area contributed by atoms with E-state index in [-0.39, 0.29) is 42.3 Å². The van der Waals surface area contributed by atoms with Gasteiger partial charge in [0, 0.05) is 25.1 Å². The number of nitrogens with zero attached hydrogens (tertiary/aromatic N) is 3. The van der Waals surface area contributed by atoms with Crippen LogP contribution in [0.3, 0.4) is 0 Å². The summed E-state index contributed by atoms with van der Waals surface area (Å²) < 4.78 is 43.4. The van der Waals surface area contributed by atoms with Crippen LogP contribution in [-0.2, 0) is 21.1 Å². The summed E-state index contributed by atoms with van der Waals surface area (Å²) in [6, 6.07) is 15.4. The normalized spacial score (nSPS) is 20.9. The lowest BCUT2D eigenvalue weighted by atomic mass is 9.82. The first-order valence-electron chi connectivity index (χ1n) is 10.5. The van der Waals surface area contributed by atoms with Gasteiger partial charge in [-0.2, -0.15) is 4.98 Å². The van der Waals surface area contributed by atoms with E-state index < -0.39 is 20.5 Å². The average molecular weight is 456 g/mol. The molecule has 3 heterocycles. The highest BCUT2D eigenvalue weighted by Crippen LogP contribution is 2.49. The van der Waals surface area contributed by atoms with Crippen LogP contribution in [-0.4, -0.2) is 53.0 Å². The minimum atomic E-state index is -3.41. The fourth-order valence-electron chi connectivity index (χ4n) is 4.64. The van der Waals surface area contributed by atoms with Crippen molar-refractivity contribution < 1.29 is 22.1 Å². The maximum atomic E-state index is 13.2. The van der Waals surface area contributed by atoms with E-state index in [1.807, 2.05) is 30.3 Å². The molecule has 1 unspecified atom stereocenters. The molecule has 2 saturated heterocycles. The van der Waals surface area contributed by atoms with Crippen molar-refractivity contribution in [3.8, 4) is 11.4 Å². The molecule has 9 heteroatoms. The van der Waals surface area contributed by atoms with Crippen molar-refractivity contribution in [3.05, 3.63) is 71.9 Å². The van der Waals surface area contributed by atoms with Gasteiger partial charge < -0.3 is 9.42 Å². The molecule has 0 aliphatic carbocycles. The van der Waals surface area contributed by atoms with E-state index in [2.05, 4.69) is 10.1 Å². The van der Waals surface area contributed by atoms with Crippen LogP contribution in [0.2, 0.25) is 0 Å². The molecule has 0 N–H and O–H groups in total. The number of benzene rings is 2. The molecule has 1 amide bonds. The number of aromatic nitrogens is 2. The van der Waals surface area contributed by atoms with Gasteiger partial charge in [0.05, 0.1) is 11.7 Å². The molecule has 0 saturated carbocycles. The maximum absolute atomic E-state index is 13.2. The second-order valence-electron chi connectivity index (χ2n) is 8.42. The molecule has 1 spiro atoms. The SMILES string of the molecule is O=C(CCc1ccccc1)N1CC2(C1)C(c1nc(-c3ccc(F)cc3)no1)CCS2(=O)=O. The molecular formula is C23H22FN3O4S. The molecule has 0 bridgehead atoms. The van der Waals surface area contributed by atoms with Gasteiger partial charge in [-0.3, -0.25) is 4.79 Å². The van der Waals surface area contributed by atoms with E-state index in [0.29, 0.717) is 24.8 Å². The monoisotopic (exact) mass is 455 g/mol. The standard InChI is InChI=1S/C23H22FN3O4S/c24-18-9-7-17(8-10-18)21-25-22(31-26-21)19-12-13-32(29,30)23(19)14-27(15-23)20(28)11-6-16-4-2-1-3-5-16/h1-5,7-10,19H,6,11-15H2. The van der Waals surface area contributed by atoms with E-state index in [0.717, 1.165) is 5.56 Å². The molecule has 5 rings (SSSR count). The van der Waals surface area contributed by atoms with Crippen LogP contribution in [0.5, 0.6) is 0 Å². The highest BCUT2D eigenvalue weighted by molar-refractivity contribution is 7.93. The van der Waals surface area contributed by atoms with E-state index in [1.165, 1.54) is 12.1 Å². The quantitative estimate of drug-likeness (QED) is 0.587. The summed E-state index contributed by atoms with van der Waals surface area (Å²) >= 11 is 0. The van der Waals surface area contributed by atoms with Crippen LogP contribution in [0.4, 0.5) is 4.39 Å². The summed E-state index contributed by atoms with van der Waals surface area (Å²) in [5.74, 6) is -0.329. The van der Waals surface area contributed by atoms with Crippen molar-refractivity contribution in [2.45, 2.75) is 29.9 Å². The van der Waals surface area contributed by atoms with Gasteiger partial charge in [-0.05, 0) is 42.7 Å². The van der Waals surface area contributed by atoms with Crippen LogP contribution < -0.4 is 0 Å². The number of hydrogen-bond donors (Lipinski definition) is 0. The van der Waals surface area contributed by atoms with Gasteiger partial charge in [0.15, 0.2) is 9.84 Å². The zero-order valence-corrected chi connectivity index (χ0v) is 18.1. The van der Waals surface area contributed by atoms with Crippen LogP contribution in [0.25, 0.3) is 11.4 Å². The van der Waals surface area contributed by atoms with E-state index >= 15 is 0 Å². The first-order valence-corrected chi connectivity index (χ1v) is 12.2. The summed E-state index contributed by atoms with van der Waals surface area (Å²) in [7, 11) is -3.41. The molecule has 32 heavy (non-hydrogen) atoms. The van der Waals surface area contributed by atoms with Gasteiger partial charge in [0.1, 0.15) is 10.6 Å². The average Bonchev–Trinajstić information content (AvgIpc) is 3.34.